The van der Waals surface area contributed by atoms with E-state index in [1.54, 1.807) is 29.4 Å². The number of benzene rings is 1. The first-order valence-corrected chi connectivity index (χ1v) is 10.3. The summed E-state index contributed by atoms with van der Waals surface area (Å²) in [6, 6.07) is 4.80. The molecule has 1 unspecified atom stereocenters. The first-order valence-electron chi connectivity index (χ1n) is 8.49. The second-order valence-electron chi connectivity index (χ2n) is 6.20. The average molecular weight is 379 g/mol. The molecule has 0 aliphatic carbocycles. The molecular weight excluding hydrogens is 357 g/mol. The van der Waals surface area contributed by atoms with E-state index in [-0.39, 0.29) is 29.9 Å². The van der Waals surface area contributed by atoms with E-state index >= 15 is 0 Å². The van der Waals surface area contributed by atoms with Crippen LogP contribution < -0.4 is 10.6 Å². The van der Waals surface area contributed by atoms with E-state index in [2.05, 4.69) is 20.6 Å². The molecule has 26 heavy (non-hydrogen) atoms. The second kappa shape index (κ2) is 7.86. The lowest BCUT2D eigenvalue weighted by Crippen LogP contribution is -2.44. The fourth-order valence-electron chi connectivity index (χ4n) is 2.85. The van der Waals surface area contributed by atoms with Gasteiger partial charge in [-0.1, -0.05) is 6.07 Å². The molecular formula is C17H22FN5O2S. The number of rotatable bonds is 5. The molecule has 1 saturated heterocycles. The third-order valence-corrected chi connectivity index (χ3v) is 5.90. The predicted molar refractivity (Wildman–Crippen MR) is 98.5 cm³/mol. The Balaban J connectivity index is 1.68. The van der Waals surface area contributed by atoms with E-state index in [1.807, 2.05) is 13.0 Å². The summed E-state index contributed by atoms with van der Waals surface area (Å²) in [4.78, 5) is 8.36. The molecule has 0 radical (unpaired) electrons. The number of aliphatic imine (C=N–C) groups is 1. The summed E-state index contributed by atoms with van der Waals surface area (Å²) >= 11 is 0. The summed E-state index contributed by atoms with van der Waals surface area (Å²) in [5, 5.41) is 6.24. The molecule has 3 rings (SSSR count). The molecule has 140 valence electrons. The molecule has 1 aromatic carbocycles. The summed E-state index contributed by atoms with van der Waals surface area (Å²) in [6.07, 6.45) is 5.38. The van der Waals surface area contributed by atoms with E-state index in [1.165, 1.54) is 6.07 Å². The van der Waals surface area contributed by atoms with Gasteiger partial charge in [-0.3, -0.25) is 0 Å². The van der Waals surface area contributed by atoms with Crippen LogP contribution in [0.1, 0.15) is 18.9 Å². The van der Waals surface area contributed by atoms with Gasteiger partial charge in [0.05, 0.1) is 30.1 Å². The normalized spacial score (nSPS) is 19.5. The molecule has 7 nitrogen and oxygen atoms in total. The lowest BCUT2D eigenvalue weighted by atomic mass is 10.2. The average Bonchev–Trinajstić information content (AvgIpc) is 3.22. The van der Waals surface area contributed by atoms with Crippen molar-refractivity contribution in [1.82, 2.24) is 20.2 Å². The van der Waals surface area contributed by atoms with Gasteiger partial charge in [-0.25, -0.2) is 22.8 Å². The molecule has 2 heterocycles. The van der Waals surface area contributed by atoms with Gasteiger partial charge >= 0.3 is 0 Å². The van der Waals surface area contributed by atoms with Gasteiger partial charge < -0.3 is 15.2 Å². The molecule has 2 aromatic rings. The number of hydrogen-bond acceptors (Lipinski definition) is 4. The van der Waals surface area contributed by atoms with Crippen LogP contribution in [-0.2, 0) is 16.4 Å². The molecule has 1 atom stereocenters. The van der Waals surface area contributed by atoms with Crippen LogP contribution in [0.2, 0.25) is 0 Å². The maximum atomic E-state index is 14.3. The number of nitrogens with zero attached hydrogens (tertiary/aromatic N) is 3. The molecule has 1 aromatic heterocycles. The molecule has 1 fully saturated rings. The van der Waals surface area contributed by atoms with Crippen LogP contribution in [0.25, 0.3) is 5.69 Å². The highest BCUT2D eigenvalue weighted by Crippen LogP contribution is 2.16. The summed E-state index contributed by atoms with van der Waals surface area (Å²) in [5.41, 5.74) is 1.15. The lowest BCUT2D eigenvalue weighted by Gasteiger charge is -2.16. The summed E-state index contributed by atoms with van der Waals surface area (Å²) in [7, 11) is -2.96. The highest BCUT2D eigenvalue weighted by Gasteiger charge is 2.28. The molecule has 0 amide bonds. The first-order chi connectivity index (χ1) is 12.5. The Morgan fingerprint density at radius 3 is 2.92 bits per heavy atom. The Hall–Kier alpha value is -2.42. The van der Waals surface area contributed by atoms with Gasteiger partial charge in [0.1, 0.15) is 5.82 Å². The summed E-state index contributed by atoms with van der Waals surface area (Å²) in [5.74, 6) is 0.501. The fourth-order valence-corrected chi connectivity index (χ4v) is 4.53. The van der Waals surface area contributed by atoms with Crippen molar-refractivity contribution in [1.29, 1.82) is 0 Å². The Morgan fingerprint density at radius 2 is 2.31 bits per heavy atom. The van der Waals surface area contributed by atoms with Crippen LogP contribution in [0.5, 0.6) is 0 Å². The molecule has 2 N–H and O–H groups in total. The van der Waals surface area contributed by atoms with Gasteiger partial charge in [-0.2, -0.15) is 0 Å². The Labute approximate surface area is 152 Å². The highest BCUT2D eigenvalue weighted by molar-refractivity contribution is 7.91. The van der Waals surface area contributed by atoms with Gasteiger partial charge in [0.2, 0.25) is 0 Å². The monoisotopic (exact) mass is 379 g/mol. The van der Waals surface area contributed by atoms with Gasteiger partial charge in [-0.15, -0.1) is 0 Å². The van der Waals surface area contributed by atoms with Crippen molar-refractivity contribution >= 4 is 15.8 Å². The van der Waals surface area contributed by atoms with Crippen LogP contribution in [0.4, 0.5) is 4.39 Å². The van der Waals surface area contributed by atoms with Crippen molar-refractivity contribution in [3.8, 4) is 5.69 Å². The van der Waals surface area contributed by atoms with E-state index < -0.39 is 9.84 Å². The number of nitrogens with one attached hydrogen (secondary N) is 2. The van der Waals surface area contributed by atoms with Crippen LogP contribution in [0.3, 0.4) is 0 Å². The minimum absolute atomic E-state index is 0.117. The molecule has 0 bridgehead atoms. The SMILES string of the molecule is CCNC(=NCc1ccc(-n2ccnc2)c(F)c1)NC1CCS(=O)(=O)C1. The maximum absolute atomic E-state index is 14.3. The summed E-state index contributed by atoms with van der Waals surface area (Å²) in [6.45, 7) is 2.87. The van der Waals surface area contributed by atoms with Crippen molar-refractivity contribution in [2.75, 3.05) is 18.1 Å². The number of aromatic nitrogens is 2. The number of halogens is 1. The van der Waals surface area contributed by atoms with Crippen molar-refractivity contribution in [2.24, 2.45) is 4.99 Å². The minimum atomic E-state index is -2.96. The minimum Gasteiger partial charge on any atom is -0.357 e. The van der Waals surface area contributed by atoms with Crippen molar-refractivity contribution in [2.45, 2.75) is 25.9 Å². The molecule has 9 heteroatoms. The van der Waals surface area contributed by atoms with E-state index in [0.717, 1.165) is 5.56 Å². The predicted octanol–water partition coefficient (Wildman–Crippen LogP) is 1.25. The zero-order valence-electron chi connectivity index (χ0n) is 14.5. The van der Waals surface area contributed by atoms with E-state index in [0.29, 0.717) is 24.6 Å². The zero-order valence-corrected chi connectivity index (χ0v) is 15.3. The Kier molecular flexibility index (Phi) is 5.55. The van der Waals surface area contributed by atoms with E-state index in [4.69, 9.17) is 0 Å². The topological polar surface area (TPSA) is 88.4 Å². The highest BCUT2D eigenvalue weighted by atomic mass is 32.2. The smallest absolute Gasteiger partial charge is 0.191 e. The Morgan fingerprint density at radius 1 is 1.46 bits per heavy atom. The summed E-state index contributed by atoms with van der Waals surface area (Å²) < 4.78 is 39.1. The number of imidazole rings is 1. The quantitative estimate of drug-likeness (QED) is 0.603. The molecule has 1 aliphatic rings. The third-order valence-electron chi connectivity index (χ3n) is 4.13. The molecule has 0 spiro atoms. The standard InChI is InChI=1S/C17H22FN5O2S/c1-2-20-17(22-14-5-8-26(24,25)11-14)21-10-13-3-4-16(15(18)9-13)23-7-6-19-12-23/h3-4,6-7,9,12,14H,2,5,8,10-11H2,1H3,(H2,20,21,22). The number of hydrogen-bond donors (Lipinski definition) is 2. The fraction of sp³-hybridized carbons (Fsp3) is 0.412. The van der Waals surface area contributed by atoms with Crippen LogP contribution in [0.15, 0.2) is 41.9 Å². The van der Waals surface area contributed by atoms with Crippen molar-refractivity contribution < 1.29 is 12.8 Å². The molecule has 1 aliphatic heterocycles. The zero-order chi connectivity index (χ0) is 18.6. The number of sulfone groups is 1. The number of guanidine groups is 1. The van der Waals surface area contributed by atoms with Gasteiger partial charge in [0.25, 0.3) is 0 Å². The van der Waals surface area contributed by atoms with Gasteiger partial charge in [0.15, 0.2) is 15.8 Å². The van der Waals surface area contributed by atoms with Gasteiger partial charge in [0, 0.05) is 25.0 Å². The van der Waals surface area contributed by atoms with Crippen molar-refractivity contribution in [3.05, 3.63) is 48.3 Å². The lowest BCUT2D eigenvalue weighted by molar-refractivity contribution is 0.599. The van der Waals surface area contributed by atoms with Crippen molar-refractivity contribution in [3.63, 3.8) is 0 Å². The van der Waals surface area contributed by atoms with Crippen LogP contribution in [0, 0.1) is 5.82 Å². The van der Waals surface area contributed by atoms with E-state index in [9.17, 15) is 12.8 Å². The maximum Gasteiger partial charge on any atom is 0.191 e. The van der Waals surface area contributed by atoms with Gasteiger partial charge in [-0.05, 0) is 31.0 Å². The van der Waals surface area contributed by atoms with Crippen LogP contribution >= 0.6 is 0 Å². The van der Waals surface area contributed by atoms with Crippen LogP contribution in [-0.4, -0.2) is 48.0 Å². The Bertz CT molecular complexity index is 881. The largest absolute Gasteiger partial charge is 0.357 e. The first kappa shape index (κ1) is 18.4. The third kappa shape index (κ3) is 4.60. The molecule has 0 saturated carbocycles. The second-order valence-corrected chi connectivity index (χ2v) is 8.42.